The lowest BCUT2D eigenvalue weighted by atomic mass is 10.2. The predicted molar refractivity (Wildman–Crippen MR) is 94.1 cm³/mol. The molecule has 0 fully saturated rings. The van der Waals surface area contributed by atoms with Crippen molar-refractivity contribution >= 4 is 31.2 Å². The summed E-state index contributed by atoms with van der Waals surface area (Å²) in [6.45, 7) is 5.76. The summed E-state index contributed by atoms with van der Waals surface area (Å²) in [5, 5.41) is 9.59. The maximum Gasteiger partial charge on any atom is 0.247 e. The Labute approximate surface area is 146 Å². The number of thiophene rings is 1. The van der Waals surface area contributed by atoms with E-state index in [0.29, 0.717) is 12.5 Å². The lowest BCUT2D eigenvalue weighted by molar-refractivity contribution is 0.552. The Morgan fingerprint density at radius 2 is 1.71 bits per heavy atom. The second-order valence-electron chi connectivity index (χ2n) is 5.82. The van der Waals surface area contributed by atoms with Crippen molar-refractivity contribution in [3.05, 3.63) is 41.3 Å². The minimum absolute atomic E-state index is 0.0674. The van der Waals surface area contributed by atoms with Crippen molar-refractivity contribution in [2.24, 2.45) is 11.1 Å². The van der Waals surface area contributed by atoms with Crippen molar-refractivity contribution in [3.8, 4) is 0 Å². The Bertz CT molecular complexity index is 898. The summed E-state index contributed by atoms with van der Waals surface area (Å²) in [6, 6.07) is 7.62. The quantitative estimate of drug-likeness (QED) is 0.754. The molecule has 24 heavy (non-hydrogen) atoms. The molecule has 0 radical (unpaired) electrons. The van der Waals surface area contributed by atoms with E-state index < -0.39 is 19.9 Å². The van der Waals surface area contributed by atoms with Gasteiger partial charge in [0, 0.05) is 11.9 Å². The summed E-state index contributed by atoms with van der Waals surface area (Å²) in [4.78, 5) is 0.0519. The number of sulfone groups is 1. The molecule has 6 nitrogen and oxygen atoms in total. The van der Waals surface area contributed by atoms with Gasteiger partial charge >= 0.3 is 0 Å². The molecule has 9 heteroatoms. The van der Waals surface area contributed by atoms with Crippen molar-refractivity contribution in [2.45, 2.75) is 34.4 Å². The first kappa shape index (κ1) is 19.1. The van der Waals surface area contributed by atoms with Gasteiger partial charge in [0.15, 0.2) is 0 Å². The Morgan fingerprint density at radius 1 is 1.08 bits per heavy atom. The van der Waals surface area contributed by atoms with Crippen molar-refractivity contribution in [2.75, 3.05) is 6.54 Å². The highest BCUT2D eigenvalue weighted by molar-refractivity contribution is 7.92. The first-order valence-electron chi connectivity index (χ1n) is 7.27. The zero-order chi connectivity index (χ0) is 18.0. The van der Waals surface area contributed by atoms with Gasteiger partial charge in [0.1, 0.15) is 4.21 Å². The number of benzene rings is 1. The molecule has 132 valence electrons. The SMILES string of the molecule is CC(C)CNCc1ccc(S(=O)(=O)c2csc(S(N)(=O)=O)c2)cc1. The molecule has 2 aromatic rings. The maximum atomic E-state index is 12.5. The number of nitrogens with one attached hydrogen (secondary N) is 1. The van der Waals surface area contributed by atoms with Crippen LogP contribution in [0, 0.1) is 5.92 Å². The van der Waals surface area contributed by atoms with E-state index in [1.165, 1.54) is 17.5 Å². The van der Waals surface area contributed by atoms with Gasteiger partial charge in [-0.05, 0) is 36.2 Å². The van der Waals surface area contributed by atoms with Gasteiger partial charge in [-0.25, -0.2) is 22.0 Å². The molecule has 0 atom stereocenters. The summed E-state index contributed by atoms with van der Waals surface area (Å²) >= 11 is 0.793. The third-order valence-corrected chi connectivity index (χ3v) is 7.54. The van der Waals surface area contributed by atoms with Crippen molar-refractivity contribution in [1.29, 1.82) is 0 Å². The van der Waals surface area contributed by atoms with E-state index in [1.807, 2.05) is 0 Å². The van der Waals surface area contributed by atoms with Crippen LogP contribution in [0.5, 0.6) is 0 Å². The van der Waals surface area contributed by atoms with Crippen LogP contribution >= 0.6 is 11.3 Å². The zero-order valence-electron chi connectivity index (χ0n) is 13.4. The average Bonchev–Trinajstić information content (AvgIpc) is 2.98. The third kappa shape index (κ3) is 4.64. The molecular weight excluding hydrogens is 368 g/mol. The first-order chi connectivity index (χ1) is 11.1. The van der Waals surface area contributed by atoms with Crippen LogP contribution in [0.25, 0.3) is 0 Å². The topological polar surface area (TPSA) is 106 Å². The molecule has 2 rings (SSSR count). The van der Waals surface area contributed by atoms with Crippen LogP contribution in [0.3, 0.4) is 0 Å². The number of rotatable bonds is 7. The van der Waals surface area contributed by atoms with Crippen LogP contribution in [0.15, 0.2) is 49.7 Å². The molecule has 1 heterocycles. The summed E-state index contributed by atoms with van der Waals surface area (Å²) in [5.74, 6) is 0.538. The van der Waals surface area contributed by atoms with E-state index in [9.17, 15) is 16.8 Å². The summed E-state index contributed by atoms with van der Waals surface area (Å²) in [5.41, 5.74) is 0.977. The Morgan fingerprint density at radius 3 is 2.21 bits per heavy atom. The first-order valence-corrected chi connectivity index (χ1v) is 11.2. The third-order valence-electron chi connectivity index (χ3n) is 3.26. The number of hydrogen-bond acceptors (Lipinski definition) is 6. The fourth-order valence-electron chi connectivity index (χ4n) is 2.02. The van der Waals surface area contributed by atoms with Gasteiger partial charge in [0.25, 0.3) is 0 Å². The minimum atomic E-state index is -3.90. The van der Waals surface area contributed by atoms with Crippen LogP contribution in [-0.2, 0) is 26.4 Å². The van der Waals surface area contributed by atoms with Crippen LogP contribution in [-0.4, -0.2) is 23.4 Å². The Kier molecular flexibility index (Phi) is 5.82. The number of primary sulfonamides is 1. The molecule has 1 aromatic heterocycles. The zero-order valence-corrected chi connectivity index (χ0v) is 15.8. The van der Waals surface area contributed by atoms with Crippen molar-refractivity contribution < 1.29 is 16.8 Å². The van der Waals surface area contributed by atoms with E-state index in [2.05, 4.69) is 19.2 Å². The molecule has 3 N–H and O–H groups in total. The van der Waals surface area contributed by atoms with Gasteiger partial charge in [0.05, 0.1) is 9.79 Å². The summed E-state index contributed by atoms with van der Waals surface area (Å²) in [6.07, 6.45) is 0. The predicted octanol–water partition coefficient (Wildman–Crippen LogP) is 1.97. The molecule has 1 aromatic carbocycles. The second kappa shape index (κ2) is 7.32. The monoisotopic (exact) mass is 388 g/mol. The fraction of sp³-hybridized carbons (Fsp3) is 0.333. The molecule has 0 saturated carbocycles. The van der Waals surface area contributed by atoms with Gasteiger partial charge in [-0.2, -0.15) is 0 Å². The minimum Gasteiger partial charge on any atom is -0.312 e. The molecule has 0 spiro atoms. The number of nitrogens with two attached hydrogens (primary N) is 1. The Hall–Kier alpha value is -1.26. The van der Waals surface area contributed by atoms with Crippen molar-refractivity contribution in [1.82, 2.24) is 5.32 Å². The normalized spacial score (nSPS) is 12.7. The molecule has 0 amide bonds. The van der Waals surface area contributed by atoms with Crippen molar-refractivity contribution in [3.63, 3.8) is 0 Å². The second-order valence-corrected chi connectivity index (χ2v) is 10.5. The van der Waals surface area contributed by atoms with Gasteiger partial charge in [-0.3, -0.25) is 0 Å². The molecule has 0 aliphatic heterocycles. The molecule has 0 bridgehead atoms. The smallest absolute Gasteiger partial charge is 0.247 e. The standard InChI is InChI=1S/C15H20N2O4S3/c1-11(2)8-17-9-12-3-5-13(6-4-12)23(18,19)14-7-15(22-10-14)24(16,20)21/h3-7,10-11,17H,8-9H2,1-2H3,(H2,16,20,21). The summed E-state index contributed by atoms with van der Waals surface area (Å²) < 4.78 is 47.5. The molecule has 0 unspecified atom stereocenters. The van der Waals surface area contributed by atoms with Gasteiger partial charge in [0.2, 0.25) is 19.9 Å². The molecule has 0 saturated heterocycles. The maximum absolute atomic E-state index is 12.5. The highest BCUT2D eigenvalue weighted by Crippen LogP contribution is 2.27. The van der Waals surface area contributed by atoms with E-state index in [-0.39, 0.29) is 14.0 Å². The van der Waals surface area contributed by atoms with E-state index in [4.69, 9.17) is 5.14 Å². The number of sulfonamides is 1. The highest BCUT2D eigenvalue weighted by atomic mass is 32.2. The number of hydrogen-bond donors (Lipinski definition) is 2. The lowest BCUT2D eigenvalue weighted by Crippen LogP contribution is -2.18. The van der Waals surface area contributed by atoms with Gasteiger partial charge in [-0.15, -0.1) is 11.3 Å². The highest BCUT2D eigenvalue weighted by Gasteiger charge is 2.22. The Balaban J connectivity index is 2.19. The van der Waals surface area contributed by atoms with Crippen LogP contribution in [0.2, 0.25) is 0 Å². The lowest BCUT2D eigenvalue weighted by Gasteiger charge is -2.08. The molecule has 0 aliphatic carbocycles. The van der Waals surface area contributed by atoms with E-state index in [0.717, 1.165) is 29.5 Å². The van der Waals surface area contributed by atoms with Crippen LogP contribution in [0.1, 0.15) is 19.4 Å². The largest absolute Gasteiger partial charge is 0.312 e. The van der Waals surface area contributed by atoms with Gasteiger partial charge in [-0.1, -0.05) is 26.0 Å². The summed E-state index contributed by atoms with van der Waals surface area (Å²) in [7, 11) is -7.66. The molecular formula is C15H20N2O4S3. The molecule has 0 aliphatic rings. The fourth-order valence-corrected chi connectivity index (χ4v) is 5.33. The average molecular weight is 389 g/mol. The van der Waals surface area contributed by atoms with Gasteiger partial charge < -0.3 is 5.32 Å². The van der Waals surface area contributed by atoms with E-state index in [1.54, 1.807) is 12.1 Å². The van der Waals surface area contributed by atoms with E-state index >= 15 is 0 Å². The van der Waals surface area contributed by atoms with Crippen LogP contribution < -0.4 is 10.5 Å². The van der Waals surface area contributed by atoms with Crippen LogP contribution in [0.4, 0.5) is 0 Å².